The van der Waals surface area contributed by atoms with Crippen molar-refractivity contribution < 1.29 is 29.6 Å². The second-order valence-corrected chi connectivity index (χ2v) is 1.81. The van der Waals surface area contributed by atoms with Crippen LogP contribution in [0.3, 0.4) is 0 Å². The van der Waals surface area contributed by atoms with Gasteiger partial charge in [0.2, 0.25) is 5.91 Å². The molecule has 0 aromatic carbocycles. The van der Waals surface area contributed by atoms with Crippen molar-refractivity contribution in [1.29, 1.82) is 0 Å². The first-order valence-electron chi connectivity index (χ1n) is 2.66. The van der Waals surface area contributed by atoms with Crippen molar-refractivity contribution in [2.45, 2.75) is 19.3 Å². The van der Waals surface area contributed by atoms with E-state index in [0.717, 1.165) is 25.8 Å². The second-order valence-electron chi connectivity index (χ2n) is 1.81. The zero-order valence-corrected chi connectivity index (χ0v) is 9.42. The van der Waals surface area contributed by atoms with Crippen LogP contribution in [0.25, 0.3) is 0 Å². The predicted molar refractivity (Wildman–Crippen MR) is 32.6 cm³/mol. The van der Waals surface area contributed by atoms with Gasteiger partial charge in [-0.15, -0.1) is 0 Å². The van der Waals surface area contributed by atoms with Gasteiger partial charge in [-0.05, 0) is 12.8 Å². The molecule has 0 aromatic heterocycles. The zero-order chi connectivity index (χ0) is 5.11. The Kier molecular flexibility index (Phi) is 17.9. The quantitative estimate of drug-likeness (QED) is 0.396. The van der Waals surface area contributed by atoms with Crippen LogP contribution in [0.15, 0.2) is 0 Å². The van der Waals surface area contributed by atoms with Crippen LogP contribution in [0.4, 0.5) is 0 Å². The molecule has 1 fully saturated rings. The molecule has 5 heteroatoms. The molecule has 1 aliphatic rings. The van der Waals surface area contributed by atoms with Gasteiger partial charge < -0.3 is 30.1 Å². The molecule has 1 N–H and O–H groups in total. The van der Waals surface area contributed by atoms with Crippen LogP contribution in [0, 0.1) is 0 Å². The Balaban J connectivity index is -0.000000163. The number of rotatable bonds is 0. The molecule has 0 spiro atoms. The van der Waals surface area contributed by atoms with Crippen LogP contribution < -0.4 is 30.1 Å². The number of carbonyl (C=O) groups is 1. The number of hydrogen-bond donors (Lipinski definition) is 1. The van der Waals surface area contributed by atoms with E-state index in [1.165, 1.54) is 0 Å². The van der Waals surface area contributed by atoms with Gasteiger partial charge in [-0.25, -0.2) is 0 Å². The van der Waals surface area contributed by atoms with Gasteiger partial charge in [-0.2, -0.15) is 0 Å². The van der Waals surface area contributed by atoms with Gasteiger partial charge in [0.15, 0.2) is 0 Å². The molecule has 2 nitrogen and oxygen atoms in total. The Morgan fingerprint density at radius 1 is 1.20 bits per heavy atom. The predicted octanol–water partition coefficient (Wildman–Crippen LogP) is -6.09. The van der Waals surface area contributed by atoms with Crippen LogP contribution in [0.2, 0.25) is 0 Å². The van der Waals surface area contributed by atoms with Crippen molar-refractivity contribution in [2.24, 2.45) is 0 Å². The minimum absolute atomic E-state index is 0. The fraction of sp³-hybridized carbons (Fsp3) is 0.800. The van der Waals surface area contributed by atoms with Crippen molar-refractivity contribution >= 4 is 43.6 Å². The van der Waals surface area contributed by atoms with E-state index in [9.17, 15) is 4.79 Å². The molecule has 1 heterocycles. The monoisotopic (exact) mass is 209 g/mol. The summed E-state index contributed by atoms with van der Waals surface area (Å²) in [4.78, 5) is 10.4. The summed E-state index contributed by atoms with van der Waals surface area (Å²) in [6, 6.07) is 0. The van der Waals surface area contributed by atoms with Crippen molar-refractivity contribution in [3.63, 3.8) is 0 Å². The van der Waals surface area contributed by atoms with Gasteiger partial charge in [-0.1, -0.05) is 0 Å². The van der Waals surface area contributed by atoms with Gasteiger partial charge in [0.1, 0.15) is 0 Å². The average molecular weight is 210 g/mol. The standard InChI is InChI=1S/C5H9NO.Ca.2ClH/c7-5-3-1-2-4-6-5;;;/h1-4H2,(H,6,7);;2*1H/q;+2;;/p-2. The second kappa shape index (κ2) is 10.3. The van der Waals surface area contributed by atoms with E-state index in [4.69, 9.17) is 0 Å². The van der Waals surface area contributed by atoms with Crippen LogP contribution in [-0.2, 0) is 4.79 Å². The summed E-state index contributed by atoms with van der Waals surface area (Å²) in [5.41, 5.74) is 0. The van der Waals surface area contributed by atoms with Crippen LogP contribution in [-0.4, -0.2) is 50.2 Å². The molecular formula is C5H9CaCl2NO. The van der Waals surface area contributed by atoms with E-state index in [2.05, 4.69) is 5.32 Å². The van der Waals surface area contributed by atoms with Gasteiger partial charge in [0.05, 0.1) is 0 Å². The largest absolute Gasteiger partial charge is 2.00 e. The average Bonchev–Trinajstić information content (AvgIpc) is 1.69. The number of halogens is 2. The summed E-state index contributed by atoms with van der Waals surface area (Å²) < 4.78 is 0. The molecule has 0 saturated carbocycles. The van der Waals surface area contributed by atoms with Gasteiger partial charge in [-0.3, -0.25) is 4.79 Å². The Morgan fingerprint density at radius 2 is 1.80 bits per heavy atom. The summed E-state index contributed by atoms with van der Waals surface area (Å²) in [6.45, 7) is 0.888. The number of nitrogens with one attached hydrogen (secondary N) is 1. The normalized spacial score (nSPS) is 15.0. The summed E-state index contributed by atoms with van der Waals surface area (Å²) in [5, 5.41) is 2.74. The van der Waals surface area contributed by atoms with E-state index in [-0.39, 0.29) is 68.5 Å². The molecule has 0 aliphatic carbocycles. The van der Waals surface area contributed by atoms with E-state index in [0.29, 0.717) is 0 Å². The molecule has 0 atom stereocenters. The minimum Gasteiger partial charge on any atom is -1.00 e. The summed E-state index contributed by atoms with van der Waals surface area (Å²) in [6.07, 6.45) is 2.97. The fourth-order valence-electron chi connectivity index (χ4n) is 0.727. The Hall–Kier alpha value is 1.31. The van der Waals surface area contributed by atoms with Crippen molar-refractivity contribution in [3.05, 3.63) is 0 Å². The van der Waals surface area contributed by atoms with Crippen molar-refractivity contribution in [1.82, 2.24) is 5.32 Å². The SMILES string of the molecule is O=C1CCCCN1.[Ca+2].[Cl-].[Cl-]. The number of piperidine rings is 1. The fourth-order valence-corrected chi connectivity index (χ4v) is 0.727. The van der Waals surface area contributed by atoms with Crippen LogP contribution in [0.1, 0.15) is 19.3 Å². The first-order chi connectivity index (χ1) is 3.39. The van der Waals surface area contributed by atoms with Crippen molar-refractivity contribution in [3.8, 4) is 0 Å². The Morgan fingerprint density at radius 3 is 2.00 bits per heavy atom. The molecule has 1 aliphatic heterocycles. The van der Waals surface area contributed by atoms with E-state index in [1.807, 2.05) is 0 Å². The third-order valence-electron chi connectivity index (χ3n) is 1.15. The maximum absolute atomic E-state index is 10.4. The van der Waals surface area contributed by atoms with Crippen molar-refractivity contribution in [2.75, 3.05) is 6.54 Å². The van der Waals surface area contributed by atoms with Gasteiger partial charge in [0, 0.05) is 13.0 Å². The maximum atomic E-state index is 10.4. The van der Waals surface area contributed by atoms with Gasteiger partial charge in [0.25, 0.3) is 0 Å². The first-order valence-corrected chi connectivity index (χ1v) is 2.66. The van der Waals surface area contributed by atoms with E-state index >= 15 is 0 Å². The molecule has 1 saturated heterocycles. The van der Waals surface area contributed by atoms with E-state index < -0.39 is 0 Å². The smallest absolute Gasteiger partial charge is 1.00 e. The van der Waals surface area contributed by atoms with E-state index in [1.54, 1.807) is 0 Å². The van der Waals surface area contributed by atoms with Gasteiger partial charge >= 0.3 is 37.7 Å². The molecule has 0 bridgehead atoms. The summed E-state index contributed by atoms with van der Waals surface area (Å²) in [5.74, 6) is 0.214. The number of amides is 1. The first kappa shape index (κ1) is 17.4. The minimum atomic E-state index is 0. The summed E-state index contributed by atoms with van der Waals surface area (Å²) >= 11 is 0. The molecular weight excluding hydrogens is 201 g/mol. The third-order valence-corrected chi connectivity index (χ3v) is 1.15. The van der Waals surface area contributed by atoms with Crippen LogP contribution in [0.5, 0.6) is 0 Å². The number of hydrogen-bond acceptors (Lipinski definition) is 1. The molecule has 0 radical (unpaired) electrons. The molecule has 0 unspecified atom stereocenters. The molecule has 1 rings (SSSR count). The molecule has 56 valence electrons. The topological polar surface area (TPSA) is 29.1 Å². The Bertz CT molecular complexity index is 83.7. The maximum Gasteiger partial charge on any atom is 2.00 e. The molecule has 1 amide bonds. The Labute approximate surface area is 103 Å². The molecule has 10 heavy (non-hydrogen) atoms. The molecule has 0 aromatic rings. The van der Waals surface area contributed by atoms with Crippen LogP contribution >= 0.6 is 0 Å². The third kappa shape index (κ3) is 7.42. The zero-order valence-electron chi connectivity index (χ0n) is 5.70. The number of carbonyl (C=O) groups excluding carboxylic acids is 1. The summed E-state index contributed by atoms with van der Waals surface area (Å²) in [7, 11) is 0.